The molecule has 0 aromatic carbocycles. The van der Waals surface area contributed by atoms with Crippen molar-refractivity contribution in [2.75, 3.05) is 0 Å². The van der Waals surface area contributed by atoms with Crippen molar-refractivity contribution in [3.05, 3.63) is 40.4 Å². The Balaban J connectivity index is 2.01. The Morgan fingerprint density at radius 3 is 2.71 bits per heavy atom. The molecule has 0 spiro atoms. The van der Waals surface area contributed by atoms with E-state index in [4.69, 9.17) is 22.1 Å². The molecule has 0 aliphatic rings. The quantitative estimate of drug-likeness (QED) is 0.890. The first-order chi connectivity index (χ1) is 10.0. The summed E-state index contributed by atoms with van der Waals surface area (Å²) in [6.07, 6.45) is 3.27. The summed E-state index contributed by atoms with van der Waals surface area (Å²) >= 11 is 6.29. The zero-order valence-corrected chi connectivity index (χ0v) is 13.4. The second-order valence-corrected chi connectivity index (χ2v) is 5.52. The lowest BCUT2D eigenvalue weighted by Crippen LogP contribution is -2.18. The van der Waals surface area contributed by atoms with Crippen LogP contribution in [-0.4, -0.2) is 20.8 Å². The van der Waals surface area contributed by atoms with Gasteiger partial charge in [0.25, 0.3) is 0 Å². The number of nitrogens with two attached hydrogens (primary N) is 1. The molecule has 1 atom stereocenters. The number of aromatic nitrogens is 3. The molecule has 6 heteroatoms. The number of ether oxygens (including phenoxy) is 1. The summed E-state index contributed by atoms with van der Waals surface area (Å²) in [5.41, 5.74) is 8.47. The maximum absolute atomic E-state index is 6.29. The number of nitrogens with zero attached hydrogens (tertiary/aromatic N) is 3. The van der Waals surface area contributed by atoms with Gasteiger partial charge in [-0.2, -0.15) is 5.10 Å². The first-order valence-corrected chi connectivity index (χ1v) is 7.42. The molecule has 0 amide bonds. The van der Waals surface area contributed by atoms with Crippen LogP contribution < -0.4 is 10.5 Å². The van der Waals surface area contributed by atoms with Crippen LogP contribution in [0.5, 0.6) is 5.75 Å². The highest BCUT2D eigenvalue weighted by Crippen LogP contribution is 2.22. The molecule has 2 aromatic rings. The molecular weight excluding hydrogens is 288 g/mol. The van der Waals surface area contributed by atoms with Crippen LogP contribution in [0.4, 0.5) is 0 Å². The fourth-order valence-corrected chi connectivity index (χ4v) is 2.42. The highest BCUT2D eigenvalue weighted by molar-refractivity contribution is 6.31. The molecule has 0 fully saturated rings. The van der Waals surface area contributed by atoms with E-state index in [2.05, 4.69) is 10.1 Å². The van der Waals surface area contributed by atoms with Crippen LogP contribution in [0.25, 0.3) is 0 Å². The predicted octanol–water partition coefficient (Wildman–Crippen LogP) is 2.50. The SMILES string of the molecule is CCc1nn(C)c(COc2ccc(CC(C)N)nc2)c1Cl. The second-order valence-electron chi connectivity index (χ2n) is 5.14. The highest BCUT2D eigenvalue weighted by Gasteiger charge is 2.13. The Hall–Kier alpha value is -1.59. The zero-order valence-electron chi connectivity index (χ0n) is 12.6. The average Bonchev–Trinajstić information content (AvgIpc) is 2.72. The van der Waals surface area contributed by atoms with Gasteiger partial charge in [0.2, 0.25) is 0 Å². The van der Waals surface area contributed by atoms with Crippen molar-refractivity contribution < 1.29 is 4.74 Å². The van der Waals surface area contributed by atoms with Crippen molar-refractivity contribution in [1.82, 2.24) is 14.8 Å². The van der Waals surface area contributed by atoms with Crippen LogP contribution in [0.3, 0.4) is 0 Å². The molecule has 0 aliphatic carbocycles. The number of rotatable bonds is 6. The standard InChI is InChI=1S/C15H21ClN4O/c1-4-13-15(16)14(20(3)19-13)9-21-12-6-5-11(18-8-12)7-10(2)17/h5-6,8,10H,4,7,9,17H2,1-3H3. The summed E-state index contributed by atoms with van der Waals surface area (Å²) in [5.74, 6) is 0.707. The highest BCUT2D eigenvalue weighted by atomic mass is 35.5. The van der Waals surface area contributed by atoms with Crippen LogP contribution in [0.1, 0.15) is 30.9 Å². The number of hydrogen-bond acceptors (Lipinski definition) is 4. The lowest BCUT2D eigenvalue weighted by atomic mass is 10.2. The van der Waals surface area contributed by atoms with E-state index in [0.29, 0.717) is 17.4 Å². The summed E-state index contributed by atoms with van der Waals surface area (Å²) in [4.78, 5) is 4.34. The number of hydrogen-bond donors (Lipinski definition) is 1. The van der Waals surface area contributed by atoms with Crippen molar-refractivity contribution in [2.24, 2.45) is 12.8 Å². The Kier molecular flexibility index (Phi) is 5.20. The Labute approximate surface area is 130 Å². The largest absolute Gasteiger partial charge is 0.486 e. The second kappa shape index (κ2) is 6.91. The summed E-state index contributed by atoms with van der Waals surface area (Å²) in [6, 6.07) is 3.93. The van der Waals surface area contributed by atoms with Gasteiger partial charge in [-0.1, -0.05) is 18.5 Å². The van der Waals surface area contributed by atoms with E-state index in [1.165, 1.54) is 0 Å². The molecule has 21 heavy (non-hydrogen) atoms. The molecule has 2 rings (SSSR count). The molecule has 1 unspecified atom stereocenters. The normalized spacial score (nSPS) is 12.4. The minimum atomic E-state index is 0.102. The van der Waals surface area contributed by atoms with Crippen LogP contribution in [0.15, 0.2) is 18.3 Å². The molecular formula is C15H21ClN4O. The maximum Gasteiger partial charge on any atom is 0.138 e. The van der Waals surface area contributed by atoms with Crippen molar-refractivity contribution in [2.45, 2.75) is 39.3 Å². The first-order valence-electron chi connectivity index (χ1n) is 7.04. The Bertz CT molecular complexity index is 592. The van der Waals surface area contributed by atoms with E-state index in [1.807, 2.05) is 33.0 Å². The third-order valence-corrected chi connectivity index (χ3v) is 3.64. The average molecular weight is 309 g/mol. The minimum absolute atomic E-state index is 0.102. The summed E-state index contributed by atoms with van der Waals surface area (Å²) in [5, 5.41) is 5.04. The Morgan fingerprint density at radius 2 is 2.19 bits per heavy atom. The third-order valence-electron chi connectivity index (χ3n) is 3.21. The summed E-state index contributed by atoms with van der Waals surface area (Å²) in [6.45, 7) is 4.36. The maximum atomic E-state index is 6.29. The summed E-state index contributed by atoms with van der Waals surface area (Å²) < 4.78 is 7.50. The fraction of sp³-hybridized carbons (Fsp3) is 0.467. The van der Waals surface area contributed by atoms with Gasteiger partial charge in [0.1, 0.15) is 12.4 Å². The van der Waals surface area contributed by atoms with Gasteiger partial charge in [-0.3, -0.25) is 9.67 Å². The van der Waals surface area contributed by atoms with E-state index in [9.17, 15) is 0 Å². The molecule has 2 aromatic heterocycles. The van der Waals surface area contributed by atoms with E-state index in [0.717, 1.165) is 29.9 Å². The molecule has 5 nitrogen and oxygen atoms in total. The number of pyridine rings is 1. The molecule has 2 heterocycles. The minimum Gasteiger partial charge on any atom is -0.486 e. The molecule has 114 valence electrons. The van der Waals surface area contributed by atoms with E-state index in [1.54, 1.807) is 10.9 Å². The first kappa shape index (κ1) is 15.8. The molecule has 0 bridgehead atoms. The van der Waals surface area contributed by atoms with Crippen molar-refractivity contribution in [3.63, 3.8) is 0 Å². The molecule has 0 saturated heterocycles. The van der Waals surface area contributed by atoms with E-state index >= 15 is 0 Å². The van der Waals surface area contributed by atoms with Crippen LogP contribution in [-0.2, 0) is 26.5 Å². The molecule has 0 radical (unpaired) electrons. The monoisotopic (exact) mass is 308 g/mol. The lowest BCUT2D eigenvalue weighted by molar-refractivity contribution is 0.293. The van der Waals surface area contributed by atoms with Gasteiger partial charge < -0.3 is 10.5 Å². The van der Waals surface area contributed by atoms with Gasteiger partial charge in [0, 0.05) is 25.2 Å². The topological polar surface area (TPSA) is 66.0 Å². The van der Waals surface area contributed by atoms with E-state index < -0.39 is 0 Å². The summed E-state index contributed by atoms with van der Waals surface area (Å²) in [7, 11) is 1.87. The van der Waals surface area contributed by atoms with Gasteiger partial charge in [-0.05, 0) is 25.5 Å². The van der Waals surface area contributed by atoms with Crippen LogP contribution >= 0.6 is 11.6 Å². The van der Waals surface area contributed by atoms with Crippen LogP contribution in [0.2, 0.25) is 5.02 Å². The van der Waals surface area contributed by atoms with Crippen molar-refractivity contribution in [3.8, 4) is 5.75 Å². The van der Waals surface area contributed by atoms with Gasteiger partial charge in [0.05, 0.1) is 22.6 Å². The van der Waals surface area contributed by atoms with Crippen molar-refractivity contribution in [1.29, 1.82) is 0 Å². The number of halogens is 1. The van der Waals surface area contributed by atoms with Gasteiger partial charge in [-0.15, -0.1) is 0 Å². The predicted molar refractivity (Wildman–Crippen MR) is 83.5 cm³/mol. The zero-order chi connectivity index (χ0) is 15.4. The van der Waals surface area contributed by atoms with Crippen LogP contribution in [0, 0.1) is 0 Å². The van der Waals surface area contributed by atoms with Gasteiger partial charge in [-0.25, -0.2) is 0 Å². The fourth-order valence-electron chi connectivity index (χ4n) is 2.08. The molecule has 0 saturated carbocycles. The molecule has 2 N–H and O–H groups in total. The smallest absolute Gasteiger partial charge is 0.138 e. The number of aryl methyl sites for hydroxylation is 2. The van der Waals surface area contributed by atoms with E-state index in [-0.39, 0.29) is 6.04 Å². The van der Waals surface area contributed by atoms with Crippen molar-refractivity contribution >= 4 is 11.6 Å². The van der Waals surface area contributed by atoms with Gasteiger partial charge >= 0.3 is 0 Å². The lowest BCUT2D eigenvalue weighted by Gasteiger charge is -2.08. The van der Waals surface area contributed by atoms with Gasteiger partial charge in [0.15, 0.2) is 0 Å². The molecule has 0 aliphatic heterocycles. The third kappa shape index (κ3) is 3.95. The Morgan fingerprint density at radius 1 is 1.43 bits per heavy atom.